The number of hydrogen-bond donors (Lipinski definition) is 1. The number of nitrogens with zero attached hydrogens (tertiary/aromatic N) is 1. The van der Waals surface area contributed by atoms with Crippen molar-refractivity contribution in [3.63, 3.8) is 0 Å². The third-order valence-corrected chi connectivity index (χ3v) is 5.86. The Labute approximate surface area is 185 Å². The lowest BCUT2D eigenvalue weighted by Crippen LogP contribution is -2.34. The van der Waals surface area contributed by atoms with Crippen molar-refractivity contribution >= 4 is 21.2 Å². The second-order valence-electron chi connectivity index (χ2n) is 7.31. The molecule has 1 unspecified atom stereocenters. The Balaban J connectivity index is 2.12. The van der Waals surface area contributed by atoms with Gasteiger partial charge < -0.3 is 24.4 Å². The van der Waals surface area contributed by atoms with Gasteiger partial charge in [0.2, 0.25) is 0 Å². The van der Waals surface area contributed by atoms with Crippen LogP contribution in [0.3, 0.4) is 0 Å². The minimum absolute atomic E-state index is 0.0246. The van der Waals surface area contributed by atoms with Gasteiger partial charge in [-0.05, 0) is 42.8 Å². The third kappa shape index (κ3) is 5.57. The smallest absolute Gasteiger partial charge is 0.416 e. The van der Waals surface area contributed by atoms with E-state index in [9.17, 15) is 21.6 Å². The van der Waals surface area contributed by atoms with Gasteiger partial charge in [-0.25, -0.2) is 8.42 Å². The summed E-state index contributed by atoms with van der Waals surface area (Å²) in [5.41, 5.74) is 0.386. The van der Waals surface area contributed by atoms with E-state index in [1.54, 1.807) is 23.1 Å². The molecule has 1 aliphatic rings. The molecule has 1 aliphatic heterocycles. The van der Waals surface area contributed by atoms with E-state index in [2.05, 4.69) is 5.32 Å². The van der Waals surface area contributed by atoms with E-state index in [-0.39, 0.29) is 24.9 Å². The van der Waals surface area contributed by atoms with Crippen LogP contribution in [0.25, 0.3) is 0 Å². The van der Waals surface area contributed by atoms with Gasteiger partial charge >= 0.3 is 6.18 Å². The van der Waals surface area contributed by atoms with Crippen LogP contribution in [-0.4, -0.2) is 47.6 Å². The molecule has 176 valence electrons. The van der Waals surface area contributed by atoms with Crippen LogP contribution in [-0.2, 0) is 20.8 Å². The first-order chi connectivity index (χ1) is 15.0. The Bertz CT molecular complexity index is 1060. The lowest BCUT2D eigenvalue weighted by molar-refractivity contribution is -0.137. The molecular weight excluding hydrogens is 449 g/mol. The molecule has 11 heteroatoms. The number of alkyl halides is 3. The SMILES string of the molecule is CCOc1cc(C(CS(C)(=O)=O)N2COCNc3cc(C(F)(F)F)ccc32)ccc1OC. The molecule has 3 rings (SSSR count). The Morgan fingerprint density at radius 2 is 1.94 bits per heavy atom. The van der Waals surface area contributed by atoms with Crippen LogP contribution in [0, 0.1) is 0 Å². The van der Waals surface area contributed by atoms with Crippen molar-refractivity contribution in [3.05, 3.63) is 47.5 Å². The van der Waals surface area contributed by atoms with Crippen LogP contribution in [0.5, 0.6) is 11.5 Å². The molecule has 7 nitrogen and oxygen atoms in total. The van der Waals surface area contributed by atoms with E-state index < -0.39 is 27.6 Å². The highest BCUT2D eigenvalue weighted by molar-refractivity contribution is 7.90. The van der Waals surface area contributed by atoms with E-state index in [0.717, 1.165) is 18.4 Å². The molecule has 1 atom stereocenters. The molecule has 0 amide bonds. The Morgan fingerprint density at radius 1 is 1.19 bits per heavy atom. The quantitative estimate of drug-likeness (QED) is 0.649. The molecule has 0 saturated heterocycles. The summed E-state index contributed by atoms with van der Waals surface area (Å²) < 4.78 is 80.7. The minimum atomic E-state index is -4.51. The number of methoxy groups -OCH3 is 1. The predicted octanol–water partition coefficient (Wildman–Crippen LogP) is 4.06. The summed E-state index contributed by atoms with van der Waals surface area (Å²) in [6, 6.07) is 7.59. The summed E-state index contributed by atoms with van der Waals surface area (Å²) in [4.78, 5) is 1.63. The Morgan fingerprint density at radius 3 is 2.56 bits per heavy atom. The van der Waals surface area contributed by atoms with Crippen LogP contribution in [0.2, 0.25) is 0 Å². The zero-order chi connectivity index (χ0) is 23.5. The number of ether oxygens (including phenoxy) is 3. The first-order valence-electron chi connectivity index (χ1n) is 9.81. The van der Waals surface area contributed by atoms with Crippen molar-refractivity contribution in [1.29, 1.82) is 0 Å². The van der Waals surface area contributed by atoms with Crippen molar-refractivity contribution in [2.45, 2.75) is 19.1 Å². The Hall–Kier alpha value is -2.66. The van der Waals surface area contributed by atoms with Gasteiger partial charge in [-0.2, -0.15) is 13.2 Å². The van der Waals surface area contributed by atoms with Gasteiger partial charge in [-0.3, -0.25) is 0 Å². The number of rotatable bonds is 7. The number of benzene rings is 2. The van der Waals surface area contributed by atoms with Crippen LogP contribution in [0.15, 0.2) is 36.4 Å². The number of fused-ring (bicyclic) bond motifs is 1. The van der Waals surface area contributed by atoms with E-state index in [4.69, 9.17) is 14.2 Å². The summed E-state index contributed by atoms with van der Waals surface area (Å²) in [6.45, 7) is 2.13. The molecule has 0 saturated carbocycles. The molecule has 0 bridgehead atoms. The Kier molecular flexibility index (Phi) is 7.09. The molecule has 1 heterocycles. The molecule has 0 aliphatic carbocycles. The van der Waals surface area contributed by atoms with Crippen LogP contribution in [0.4, 0.5) is 24.5 Å². The maximum Gasteiger partial charge on any atom is 0.416 e. The van der Waals surface area contributed by atoms with Crippen molar-refractivity contribution in [2.75, 3.05) is 49.4 Å². The van der Waals surface area contributed by atoms with Gasteiger partial charge in [0.1, 0.15) is 23.3 Å². The number of hydrogen-bond acceptors (Lipinski definition) is 7. The van der Waals surface area contributed by atoms with E-state index in [1.807, 2.05) is 6.92 Å². The monoisotopic (exact) mass is 474 g/mol. The van der Waals surface area contributed by atoms with Crippen molar-refractivity contribution in [2.24, 2.45) is 0 Å². The van der Waals surface area contributed by atoms with E-state index >= 15 is 0 Å². The topological polar surface area (TPSA) is 77.1 Å². The molecule has 0 spiro atoms. The summed E-state index contributed by atoms with van der Waals surface area (Å²) in [7, 11) is -1.98. The summed E-state index contributed by atoms with van der Waals surface area (Å²) in [6.07, 6.45) is -3.40. The average Bonchev–Trinajstić information content (AvgIpc) is 2.93. The maximum atomic E-state index is 13.2. The molecule has 2 aromatic rings. The number of anilines is 2. The van der Waals surface area contributed by atoms with Crippen LogP contribution in [0.1, 0.15) is 24.1 Å². The summed E-state index contributed by atoms with van der Waals surface area (Å²) in [5.74, 6) is 0.638. The number of halogens is 3. The normalized spacial score (nSPS) is 15.4. The molecule has 0 aromatic heterocycles. The molecule has 0 fully saturated rings. The second kappa shape index (κ2) is 9.45. The lowest BCUT2D eigenvalue weighted by atomic mass is 10.0. The largest absolute Gasteiger partial charge is 0.493 e. The zero-order valence-corrected chi connectivity index (χ0v) is 18.7. The second-order valence-corrected chi connectivity index (χ2v) is 9.49. The van der Waals surface area contributed by atoms with Gasteiger partial charge in [0, 0.05) is 6.26 Å². The molecule has 32 heavy (non-hydrogen) atoms. The fourth-order valence-corrected chi connectivity index (χ4v) is 4.47. The predicted molar refractivity (Wildman–Crippen MR) is 115 cm³/mol. The van der Waals surface area contributed by atoms with Gasteiger partial charge in [-0.1, -0.05) is 6.07 Å². The molecule has 1 N–H and O–H groups in total. The van der Waals surface area contributed by atoms with Crippen molar-refractivity contribution in [1.82, 2.24) is 0 Å². The standard InChI is InChI=1S/C21H25F3N2O5S/c1-4-31-20-9-14(5-8-19(20)29-2)18(11-32(3,27)28)26-13-30-12-25-16-10-15(21(22,23)24)6-7-17(16)26/h5-10,18,25H,4,11-13H2,1-3H3. The zero-order valence-electron chi connectivity index (χ0n) is 17.9. The van der Waals surface area contributed by atoms with Crippen molar-refractivity contribution in [3.8, 4) is 11.5 Å². The van der Waals surface area contributed by atoms with Gasteiger partial charge in [0.15, 0.2) is 11.5 Å². The van der Waals surface area contributed by atoms with E-state index in [0.29, 0.717) is 29.4 Å². The molecule has 2 aromatic carbocycles. The van der Waals surface area contributed by atoms with Gasteiger partial charge in [-0.15, -0.1) is 0 Å². The highest BCUT2D eigenvalue weighted by Crippen LogP contribution is 2.40. The minimum Gasteiger partial charge on any atom is -0.493 e. The highest BCUT2D eigenvalue weighted by atomic mass is 32.2. The van der Waals surface area contributed by atoms with Crippen LogP contribution >= 0.6 is 0 Å². The average molecular weight is 475 g/mol. The van der Waals surface area contributed by atoms with Crippen LogP contribution < -0.4 is 19.7 Å². The summed E-state index contributed by atoms with van der Waals surface area (Å²) in [5, 5.41) is 2.83. The summed E-state index contributed by atoms with van der Waals surface area (Å²) >= 11 is 0. The molecule has 0 radical (unpaired) electrons. The maximum absolute atomic E-state index is 13.2. The first kappa shape index (κ1) is 24.0. The third-order valence-electron chi connectivity index (χ3n) is 4.94. The van der Waals surface area contributed by atoms with Gasteiger partial charge in [0.25, 0.3) is 0 Å². The van der Waals surface area contributed by atoms with Crippen molar-refractivity contribution < 1.29 is 35.8 Å². The fourth-order valence-electron chi connectivity index (χ4n) is 3.53. The number of nitrogens with one attached hydrogen (secondary N) is 1. The number of sulfone groups is 1. The van der Waals surface area contributed by atoms with Gasteiger partial charge in [0.05, 0.1) is 42.4 Å². The lowest BCUT2D eigenvalue weighted by Gasteiger charge is -2.33. The molecular formula is C21H25F3N2O5S. The first-order valence-corrected chi connectivity index (χ1v) is 11.9. The highest BCUT2D eigenvalue weighted by Gasteiger charge is 2.34. The van der Waals surface area contributed by atoms with E-state index in [1.165, 1.54) is 13.2 Å². The fraction of sp³-hybridized carbons (Fsp3) is 0.429.